The lowest BCUT2D eigenvalue weighted by Gasteiger charge is -2.26. The molecule has 3 aromatic rings. The Bertz CT molecular complexity index is 1120. The predicted molar refractivity (Wildman–Crippen MR) is 121 cm³/mol. The number of hydrogen-bond donors (Lipinski definition) is 1. The number of rotatable bonds is 7. The van der Waals surface area contributed by atoms with Gasteiger partial charge in [0.2, 0.25) is 0 Å². The Labute approximate surface area is 184 Å². The fraction of sp³-hybridized carbons (Fsp3) is 0.391. The fourth-order valence-electron chi connectivity index (χ4n) is 3.87. The molecule has 31 heavy (non-hydrogen) atoms. The van der Waals surface area contributed by atoms with E-state index in [0.717, 1.165) is 54.4 Å². The average Bonchev–Trinajstić information content (AvgIpc) is 3.12. The van der Waals surface area contributed by atoms with Gasteiger partial charge in [0.25, 0.3) is 11.5 Å². The largest absolute Gasteiger partial charge is 0.379 e. The van der Waals surface area contributed by atoms with Gasteiger partial charge >= 0.3 is 0 Å². The van der Waals surface area contributed by atoms with Gasteiger partial charge in [-0.3, -0.25) is 14.5 Å². The molecule has 4 rings (SSSR count). The number of benzene rings is 1. The van der Waals surface area contributed by atoms with E-state index in [-0.39, 0.29) is 17.3 Å². The van der Waals surface area contributed by atoms with Gasteiger partial charge in [-0.2, -0.15) is 0 Å². The molecular weight excluding hydrogens is 417 g/mol. The SMILES string of the molecule is Cc1sc2ccn(Cc3ccc(F)cc3)c(=O)c2c1C(=O)NCCCN1CCOCC1. The highest BCUT2D eigenvalue weighted by molar-refractivity contribution is 7.19. The lowest BCUT2D eigenvalue weighted by molar-refractivity contribution is 0.0374. The molecule has 1 saturated heterocycles. The van der Waals surface area contributed by atoms with Crippen LogP contribution < -0.4 is 10.9 Å². The summed E-state index contributed by atoms with van der Waals surface area (Å²) in [5, 5.41) is 3.44. The monoisotopic (exact) mass is 443 g/mol. The summed E-state index contributed by atoms with van der Waals surface area (Å²) in [6.07, 6.45) is 2.58. The topological polar surface area (TPSA) is 63.6 Å². The summed E-state index contributed by atoms with van der Waals surface area (Å²) < 4.78 is 20.9. The van der Waals surface area contributed by atoms with Crippen molar-refractivity contribution in [3.8, 4) is 0 Å². The van der Waals surface area contributed by atoms with Crippen molar-refractivity contribution in [1.29, 1.82) is 0 Å². The van der Waals surface area contributed by atoms with Crippen molar-refractivity contribution in [2.24, 2.45) is 0 Å². The Hall–Kier alpha value is -2.55. The third-order valence-electron chi connectivity index (χ3n) is 5.53. The van der Waals surface area contributed by atoms with E-state index in [1.54, 1.807) is 22.9 Å². The van der Waals surface area contributed by atoms with Crippen molar-refractivity contribution in [2.75, 3.05) is 39.4 Å². The van der Waals surface area contributed by atoms with Crippen molar-refractivity contribution < 1.29 is 13.9 Å². The Morgan fingerprint density at radius 3 is 2.68 bits per heavy atom. The molecule has 0 bridgehead atoms. The summed E-state index contributed by atoms with van der Waals surface area (Å²) in [5.74, 6) is -0.519. The number of halogens is 1. The molecule has 1 N–H and O–H groups in total. The Kier molecular flexibility index (Phi) is 6.80. The number of pyridine rings is 1. The number of nitrogens with one attached hydrogen (secondary N) is 1. The molecule has 3 heterocycles. The van der Waals surface area contributed by atoms with Crippen molar-refractivity contribution in [1.82, 2.24) is 14.8 Å². The minimum atomic E-state index is -0.312. The Morgan fingerprint density at radius 1 is 1.19 bits per heavy atom. The maximum atomic E-state index is 13.2. The molecule has 1 aliphatic rings. The molecule has 0 spiro atoms. The first-order valence-corrected chi connectivity index (χ1v) is 11.3. The highest BCUT2D eigenvalue weighted by Crippen LogP contribution is 2.28. The van der Waals surface area contributed by atoms with Crippen molar-refractivity contribution in [2.45, 2.75) is 19.9 Å². The summed E-state index contributed by atoms with van der Waals surface area (Å²) in [6.45, 7) is 7.04. The molecule has 6 nitrogen and oxygen atoms in total. The second-order valence-electron chi connectivity index (χ2n) is 7.71. The minimum Gasteiger partial charge on any atom is -0.379 e. The average molecular weight is 444 g/mol. The molecule has 8 heteroatoms. The van der Waals surface area contributed by atoms with Crippen LogP contribution in [0.1, 0.15) is 27.2 Å². The van der Waals surface area contributed by atoms with Gasteiger partial charge in [0.05, 0.1) is 30.7 Å². The van der Waals surface area contributed by atoms with Gasteiger partial charge in [-0.1, -0.05) is 12.1 Å². The van der Waals surface area contributed by atoms with Crippen LogP contribution in [-0.2, 0) is 11.3 Å². The quantitative estimate of drug-likeness (QED) is 0.571. The molecule has 0 radical (unpaired) electrons. The Morgan fingerprint density at radius 2 is 1.94 bits per heavy atom. The first kappa shape index (κ1) is 21.7. The van der Waals surface area contributed by atoms with Crippen molar-refractivity contribution in [3.05, 3.63) is 68.7 Å². The van der Waals surface area contributed by atoms with Crippen molar-refractivity contribution in [3.63, 3.8) is 0 Å². The van der Waals surface area contributed by atoms with Gasteiger partial charge in [0, 0.05) is 35.4 Å². The number of carbonyl (C=O) groups is 1. The van der Waals surface area contributed by atoms with Gasteiger partial charge in [-0.05, 0) is 43.7 Å². The van der Waals surface area contributed by atoms with Crippen LogP contribution in [0.5, 0.6) is 0 Å². The van der Waals surface area contributed by atoms with E-state index in [1.165, 1.54) is 23.5 Å². The molecular formula is C23H26FN3O3S. The number of carbonyl (C=O) groups excluding carboxylic acids is 1. The number of aryl methyl sites for hydroxylation is 1. The predicted octanol–water partition coefficient (Wildman–Crippen LogP) is 3.01. The first-order chi connectivity index (χ1) is 15.0. The van der Waals surface area contributed by atoms with Gasteiger partial charge in [-0.25, -0.2) is 4.39 Å². The third kappa shape index (κ3) is 5.03. The van der Waals surface area contributed by atoms with Crippen LogP contribution in [0, 0.1) is 12.7 Å². The summed E-state index contributed by atoms with van der Waals surface area (Å²) in [5.41, 5.74) is 1.08. The van der Waals surface area contributed by atoms with E-state index in [4.69, 9.17) is 4.74 Å². The molecule has 1 fully saturated rings. The van der Waals surface area contributed by atoms with E-state index in [9.17, 15) is 14.0 Å². The molecule has 164 valence electrons. The normalized spacial score (nSPS) is 14.8. The number of nitrogens with zero attached hydrogens (tertiary/aromatic N) is 2. The standard InChI is InChI=1S/C23H26FN3O3S/c1-16-20(22(28)25-8-2-9-26-11-13-30-14-12-26)21-19(31-16)7-10-27(23(21)29)15-17-3-5-18(24)6-4-17/h3-7,10H,2,8-9,11-15H2,1H3,(H,25,28). The second kappa shape index (κ2) is 9.72. The molecule has 2 aromatic heterocycles. The van der Waals surface area contributed by atoms with Crippen LogP contribution in [-0.4, -0.2) is 54.8 Å². The van der Waals surface area contributed by atoms with Crippen LogP contribution in [0.3, 0.4) is 0 Å². The molecule has 1 aliphatic heterocycles. The summed E-state index contributed by atoms with van der Waals surface area (Å²) >= 11 is 1.45. The van der Waals surface area contributed by atoms with Crippen LogP contribution in [0.25, 0.3) is 10.1 Å². The summed E-state index contributed by atoms with van der Waals surface area (Å²) in [6, 6.07) is 7.94. The van der Waals surface area contributed by atoms with E-state index in [0.29, 0.717) is 24.0 Å². The van der Waals surface area contributed by atoms with E-state index < -0.39 is 0 Å². The Balaban J connectivity index is 1.48. The lowest BCUT2D eigenvalue weighted by atomic mass is 10.1. The van der Waals surface area contributed by atoms with Crippen molar-refractivity contribution >= 4 is 27.3 Å². The van der Waals surface area contributed by atoms with Crippen LogP contribution in [0.4, 0.5) is 4.39 Å². The zero-order chi connectivity index (χ0) is 21.8. The second-order valence-corrected chi connectivity index (χ2v) is 8.97. The van der Waals surface area contributed by atoms with Crippen LogP contribution >= 0.6 is 11.3 Å². The highest BCUT2D eigenvalue weighted by Gasteiger charge is 2.20. The molecule has 0 atom stereocenters. The molecule has 0 unspecified atom stereocenters. The number of fused-ring (bicyclic) bond motifs is 1. The number of aromatic nitrogens is 1. The number of thiophene rings is 1. The molecule has 0 aliphatic carbocycles. The maximum Gasteiger partial charge on any atom is 0.260 e. The van der Waals surface area contributed by atoms with E-state index >= 15 is 0 Å². The summed E-state index contributed by atoms with van der Waals surface area (Å²) in [4.78, 5) is 29.3. The van der Waals surface area contributed by atoms with Crippen LogP contribution in [0.2, 0.25) is 0 Å². The van der Waals surface area contributed by atoms with E-state index in [1.807, 2.05) is 13.0 Å². The van der Waals surface area contributed by atoms with Gasteiger partial charge in [0.1, 0.15) is 5.82 Å². The number of hydrogen-bond acceptors (Lipinski definition) is 5. The van der Waals surface area contributed by atoms with Gasteiger partial charge in [0.15, 0.2) is 0 Å². The van der Waals surface area contributed by atoms with Gasteiger partial charge in [-0.15, -0.1) is 11.3 Å². The molecule has 0 saturated carbocycles. The molecule has 1 aromatic carbocycles. The highest BCUT2D eigenvalue weighted by atomic mass is 32.1. The maximum absolute atomic E-state index is 13.2. The van der Waals surface area contributed by atoms with E-state index in [2.05, 4.69) is 10.2 Å². The molecule has 1 amide bonds. The summed E-state index contributed by atoms with van der Waals surface area (Å²) in [7, 11) is 0. The van der Waals surface area contributed by atoms with Crippen LogP contribution in [0.15, 0.2) is 41.3 Å². The number of amides is 1. The zero-order valence-corrected chi connectivity index (χ0v) is 18.3. The fourth-order valence-corrected chi connectivity index (χ4v) is 4.91. The minimum absolute atomic E-state index is 0.204. The lowest BCUT2D eigenvalue weighted by Crippen LogP contribution is -2.38. The third-order valence-corrected chi connectivity index (χ3v) is 6.60. The zero-order valence-electron chi connectivity index (χ0n) is 17.5. The number of ether oxygens (including phenoxy) is 1. The van der Waals surface area contributed by atoms with Gasteiger partial charge < -0.3 is 14.6 Å². The first-order valence-electron chi connectivity index (χ1n) is 10.5. The number of morpholine rings is 1. The smallest absolute Gasteiger partial charge is 0.260 e.